The number of carbonyl (C=O) groups is 1. The van der Waals surface area contributed by atoms with Crippen LogP contribution in [0.15, 0.2) is 67.1 Å². The first-order valence-electron chi connectivity index (χ1n) is 8.00. The molecule has 25 heavy (non-hydrogen) atoms. The minimum absolute atomic E-state index is 0.0166. The average Bonchev–Trinajstić information content (AvgIpc) is 3.13. The molecule has 126 valence electrons. The van der Waals surface area contributed by atoms with Crippen molar-refractivity contribution in [3.05, 3.63) is 77.7 Å². The molecule has 3 aromatic rings. The van der Waals surface area contributed by atoms with Crippen LogP contribution in [0.3, 0.4) is 0 Å². The highest BCUT2D eigenvalue weighted by molar-refractivity contribution is 6.30. The molecule has 0 unspecified atom stereocenters. The highest BCUT2D eigenvalue weighted by Crippen LogP contribution is 2.20. The number of nitrogens with zero attached hydrogens (tertiary/aromatic N) is 3. The van der Waals surface area contributed by atoms with E-state index < -0.39 is 0 Å². The topological polar surface area (TPSA) is 47.4 Å². The van der Waals surface area contributed by atoms with E-state index in [0.29, 0.717) is 29.6 Å². The van der Waals surface area contributed by atoms with Gasteiger partial charge in [-0.3, -0.25) is 4.79 Å². The Morgan fingerprint density at radius 1 is 1.08 bits per heavy atom. The normalized spacial score (nSPS) is 14.2. The van der Waals surface area contributed by atoms with Crippen molar-refractivity contribution in [2.75, 3.05) is 13.1 Å². The molecule has 0 aliphatic carbocycles. The van der Waals surface area contributed by atoms with Crippen LogP contribution in [0.25, 0.3) is 5.69 Å². The van der Waals surface area contributed by atoms with E-state index in [4.69, 9.17) is 16.3 Å². The number of amides is 1. The van der Waals surface area contributed by atoms with Gasteiger partial charge in [0, 0.05) is 35.9 Å². The Morgan fingerprint density at radius 2 is 1.80 bits per heavy atom. The van der Waals surface area contributed by atoms with Crippen LogP contribution in [0.1, 0.15) is 10.4 Å². The summed E-state index contributed by atoms with van der Waals surface area (Å²) in [6.45, 7) is 1.12. The number of carbonyl (C=O) groups excluding carboxylic acids is 1. The van der Waals surface area contributed by atoms with E-state index in [9.17, 15) is 4.79 Å². The minimum atomic E-state index is -0.0308. The lowest BCUT2D eigenvalue weighted by Crippen LogP contribution is -2.56. The number of hydrogen-bond donors (Lipinski definition) is 0. The summed E-state index contributed by atoms with van der Waals surface area (Å²) >= 11 is 5.80. The van der Waals surface area contributed by atoms with Gasteiger partial charge in [-0.05, 0) is 42.5 Å². The van der Waals surface area contributed by atoms with Crippen LogP contribution in [0.2, 0.25) is 5.02 Å². The van der Waals surface area contributed by atoms with E-state index in [1.165, 1.54) is 0 Å². The van der Waals surface area contributed by atoms with Gasteiger partial charge in [-0.15, -0.1) is 0 Å². The summed E-state index contributed by atoms with van der Waals surface area (Å²) in [5.74, 6) is 0.542. The van der Waals surface area contributed by atoms with Gasteiger partial charge in [0.2, 0.25) is 5.88 Å². The molecule has 0 spiro atoms. The molecular formula is C19H16ClN3O2. The van der Waals surface area contributed by atoms with Crippen LogP contribution in [0, 0.1) is 0 Å². The first-order chi connectivity index (χ1) is 12.2. The largest absolute Gasteiger partial charge is 0.471 e. The zero-order valence-corrected chi connectivity index (χ0v) is 14.1. The van der Waals surface area contributed by atoms with Crippen LogP contribution >= 0.6 is 11.6 Å². The van der Waals surface area contributed by atoms with Crippen LogP contribution < -0.4 is 4.74 Å². The van der Waals surface area contributed by atoms with Gasteiger partial charge in [-0.2, -0.15) is 0 Å². The maximum absolute atomic E-state index is 12.5. The number of pyridine rings is 1. The monoisotopic (exact) mass is 353 g/mol. The second-order valence-corrected chi connectivity index (χ2v) is 6.34. The second-order valence-electron chi connectivity index (χ2n) is 5.90. The molecule has 1 fully saturated rings. The lowest BCUT2D eigenvalue weighted by molar-refractivity contribution is 0.0160. The average molecular weight is 354 g/mol. The number of ether oxygens (including phenoxy) is 1. The highest BCUT2D eigenvalue weighted by Gasteiger charge is 2.33. The Kier molecular flexibility index (Phi) is 4.15. The Balaban J connectivity index is 1.34. The van der Waals surface area contributed by atoms with Crippen LogP contribution in [-0.2, 0) is 0 Å². The Hall–Kier alpha value is -2.79. The fourth-order valence-corrected chi connectivity index (χ4v) is 2.86. The van der Waals surface area contributed by atoms with Gasteiger partial charge in [0.25, 0.3) is 5.91 Å². The molecule has 5 nitrogen and oxygen atoms in total. The Morgan fingerprint density at radius 3 is 2.44 bits per heavy atom. The van der Waals surface area contributed by atoms with Crippen molar-refractivity contribution in [3.63, 3.8) is 0 Å². The van der Waals surface area contributed by atoms with Crippen molar-refractivity contribution in [2.45, 2.75) is 6.10 Å². The van der Waals surface area contributed by atoms with Crippen molar-refractivity contribution in [2.24, 2.45) is 0 Å². The molecule has 0 atom stereocenters. The maximum atomic E-state index is 12.5. The molecule has 4 rings (SSSR count). The second kappa shape index (κ2) is 6.61. The number of benzene rings is 1. The molecule has 1 aliphatic rings. The molecule has 6 heteroatoms. The molecule has 1 aromatic carbocycles. The van der Waals surface area contributed by atoms with Gasteiger partial charge in [0.1, 0.15) is 6.10 Å². The van der Waals surface area contributed by atoms with Gasteiger partial charge in [0.05, 0.1) is 18.1 Å². The van der Waals surface area contributed by atoms with Gasteiger partial charge >= 0.3 is 0 Å². The van der Waals surface area contributed by atoms with Gasteiger partial charge in [-0.25, -0.2) is 4.98 Å². The van der Waals surface area contributed by atoms with Gasteiger partial charge < -0.3 is 14.2 Å². The molecule has 0 N–H and O–H groups in total. The number of hydrogen-bond acceptors (Lipinski definition) is 3. The quantitative estimate of drug-likeness (QED) is 0.722. The van der Waals surface area contributed by atoms with E-state index in [1.54, 1.807) is 23.2 Å². The zero-order chi connectivity index (χ0) is 17.2. The predicted molar refractivity (Wildman–Crippen MR) is 95.3 cm³/mol. The molecule has 3 heterocycles. The smallest absolute Gasteiger partial charge is 0.254 e. The van der Waals surface area contributed by atoms with Crippen LogP contribution in [-0.4, -0.2) is 39.6 Å². The Bertz CT molecular complexity index is 855. The third kappa shape index (κ3) is 3.37. The molecule has 0 saturated carbocycles. The minimum Gasteiger partial charge on any atom is -0.471 e. The zero-order valence-electron chi connectivity index (χ0n) is 13.4. The fourth-order valence-electron chi connectivity index (χ4n) is 2.75. The fraction of sp³-hybridized carbons (Fsp3) is 0.158. The SMILES string of the molecule is O=C(c1ccc(-n2cccc2)cc1)N1CC(Oc2ccc(Cl)cn2)C1. The summed E-state index contributed by atoms with van der Waals surface area (Å²) in [5, 5.41) is 0.570. The summed E-state index contributed by atoms with van der Waals surface area (Å²) in [4.78, 5) is 18.4. The molecule has 0 radical (unpaired) electrons. The first kappa shape index (κ1) is 15.7. The molecule has 1 aliphatic heterocycles. The lowest BCUT2D eigenvalue weighted by atomic mass is 10.1. The highest BCUT2D eigenvalue weighted by atomic mass is 35.5. The number of likely N-dealkylation sites (tertiary alicyclic amines) is 1. The third-order valence-corrected chi connectivity index (χ3v) is 4.36. The molecule has 0 bridgehead atoms. The standard InChI is InChI=1S/C19H16ClN3O2/c20-15-5-8-18(21-11-15)25-17-12-23(13-17)19(24)14-3-6-16(7-4-14)22-9-1-2-10-22/h1-11,17H,12-13H2. The third-order valence-electron chi connectivity index (χ3n) is 4.14. The summed E-state index contributed by atoms with van der Waals surface area (Å²) < 4.78 is 7.72. The number of rotatable bonds is 4. The van der Waals surface area contributed by atoms with Crippen molar-refractivity contribution < 1.29 is 9.53 Å². The summed E-state index contributed by atoms with van der Waals surface area (Å²) in [7, 11) is 0. The Labute approximate surface area is 150 Å². The van der Waals surface area contributed by atoms with E-state index in [1.807, 2.05) is 53.4 Å². The van der Waals surface area contributed by atoms with E-state index in [0.717, 1.165) is 5.69 Å². The maximum Gasteiger partial charge on any atom is 0.254 e. The van der Waals surface area contributed by atoms with Crippen molar-refractivity contribution in [1.82, 2.24) is 14.5 Å². The summed E-state index contributed by atoms with van der Waals surface area (Å²) in [6, 6.07) is 15.0. The molecular weight excluding hydrogens is 338 g/mol. The summed E-state index contributed by atoms with van der Waals surface area (Å²) in [5.41, 5.74) is 1.71. The van der Waals surface area contributed by atoms with E-state index in [2.05, 4.69) is 4.98 Å². The van der Waals surface area contributed by atoms with Crippen LogP contribution in [0.4, 0.5) is 0 Å². The molecule has 1 amide bonds. The number of halogens is 1. The molecule has 1 saturated heterocycles. The van der Waals surface area contributed by atoms with Crippen molar-refractivity contribution in [1.29, 1.82) is 0 Å². The molecule has 2 aromatic heterocycles. The van der Waals surface area contributed by atoms with E-state index in [-0.39, 0.29) is 12.0 Å². The van der Waals surface area contributed by atoms with E-state index >= 15 is 0 Å². The first-order valence-corrected chi connectivity index (χ1v) is 8.38. The van der Waals surface area contributed by atoms with Crippen molar-refractivity contribution >= 4 is 17.5 Å². The number of aromatic nitrogens is 2. The predicted octanol–water partition coefficient (Wildman–Crippen LogP) is 3.43. The van der Waals surface area contributed by atoms with Gasteiger partial charge in [-0.1, -0.05) is 11.6 Å². The van der Waals surface area contributed by atoms with Crippen molar-refractivity contribution in [3.8, 4) is 11.6 Å². The summed E-state index contributed by atoms with van der Waals surface area (Å²) in [6.07, 6.45) is 5.46. The van der Waals surface area contributed by atoms with Crippen LogP contribution in [0.5, 0.6) is 5.88 Å². The van der Waals surface area contributed by atoms with Gasteiger partial charge in [0.15, 0.2) is 0 Å². The lowest BCUT2D eigenvalue weighted by Gasteiger charge is -2.38.